The van der Waals surface area contributed by atoms with Crippen LogP contribution in [0.15, 0.2) is 132 Å². The summed E-state index contributed by atoms with van der Waals surface area (Å²) in [5, 5.41) is 4.68. The third-order valence-corrected chi connectivity index (χ3v) is 9.50. The van der Waals surface area contributed by atoms with Crippen molar-refractivity contribution in [3.8, 4) is 33.6 Å². The number of furan rings is 1. The predicted molar refractivity (Wildman–Crippen MR) is 222 cm³/mol. The fourth-order valence-corrected chi connectivity index (χ4v) is 6.66. The maximum Gasteiger partial charge on any atom is 0.121 e. The van der Waals surface area contributed by atoms with E-state index in [0.717, 1.165) is 45.1 Å². The Balaban J connectivity index is 0.000000322. The van der Waals surface area contributed by atoms with Gasteiger partial charge in [-0.2, -0.15) is 0 Å². The number of hydrogen-bond donors (Lipinski definition) is 0. The molecule has 4 heteroatoms. The zero-order valence-electron chi connectivity index (χ0n) is 41.8. The van der Waals surface area contributed by atoms with E-state index >= 15 is 0 Å². The minimum atomic E-state index is -2.79. The Morgan fingerprint density at radius 3 is 2.20 bits per heavy atom. The third kappa shape index (κ3) is 7.00. The number of aromatic nitrogens is 2. The van der Waals surface area contributed by atoms with Crippen LogP contribution in [0.5, 0.6) is 0 Å². The molecular weight excluding hydrogens is 837 g/mol. The molecule has 0 aliphatic carbocycles. The Hall–Kier alpha value is -5.41. The van der Waals surface area contributed by atoms with Gasteiger partial charge in [-0.1, -0.05) is 117 Å². The maximum atomic E-state index is 8.30. The molecule has 0 spiro atoms. The number of nitrogens with zero attached hydrogens (tertiary/aromatic N) is 2. The zero-order valence-corrected chi connectivity index (χ0v) is 32.2. The van der Waals surface area contributed by atoms with E-state index in [2.05, 4.69) is 55.0 Å². The van der Waals surface area contributed by atoms with Gasteiger partial charge in [0, 0.05) is 54.3 Å². The van der Waals surface area contributed by atoms with Gasteiger partial charge in [-0.05, 0) is 98.9 Å². The molecule has 6 aromatic carbocycles. The van der Waals surface area contributed by atoms with Gasteiger partial charge >= 0.3 is 0 Å². The normalized spacial score (nSPS) is 15.7. The molecule has 3 heterocycles. The van der Waals surface area contributed by atoms with Crippen molar-refractivity contribution in [2.75, 3.05) is 0 Å². The van der Waals surface area contributed by atoms with Gasteiger partial charge in [-0.3, -0.25) is 0 Å². The maximum absolute atomic E-state index is 8.30. The van der Waals surface area contributed by atoms with Crippen LogP contribution in [-0.2, 0) is 25.5 Å². The summed E-state index contributed by atoms with van der Waals surface area (Å²) < 4.78 is 104. The largest absolute Gasteiger partial charge is 0.501 e. The van der Waals surface area contributed by atoms with E-state index in [1.165, 1.54) is 29.8 Å². The molecule has 0 saturated heterocycles. The minimum Gasteiger partial charge on any atom is -0.501 e. The Labute approximate surface area is 348 Å². The Morgan fingerprint density at radius 1 is 0.630 bits per heavy atom. The Morgan fingerprint density at radius 2 is 1.44 bits per heavy atom. The smallest absolute Gasteiger partial charge is 0.121 e. The quantitative estimate of drug-likeness (QED) is 0.131. The van der Waals surface area contributed by atoms with E-state index < -0.39 is 27.4 Å². The van der Waals surface area contributed by atoms with E-state index in [1.54, 1.807) is 0 Å². The summed E-state index contributed by atoms with van der Waals surface area (Å²) in [6.45, 7) is -4.07. The molecule has 54 heavy (non-hydrogen) atoms. The van der Waals surface area contributed by atoms with Crippen LogP contribution in [0, 0.1) is 39.5 Å². The first-order valence-corrected chi connectivity index (χ1v) is 17.2. The molecule has 1 radical (unpaired) electrons. The standard InChI is InChI=1S/C35H26NO.C15H16N.Ir/c1-20-9-13-26(22(3)15-20)29-17-32(36-19-23(29)4)28-14-10-21(2)34-31-16-25-12-11-24-7-5-6-8-27(24)30(25)18-33(31)37-35(28)34;1-15(2,3)13-9-10-14(16-11-13)12-7-5-4-6-8-12;/h5-13,15-19H,1-4H3;4-7,9-11H,1-3H3;/q2*-1;/i1D3,2D3,3D3,4D3;;. The van der Waals surface area contributed by atoms with Gasteiger partial charge in [0.05, 0.1) is 5.58 Å². The van der Waals surface area contributed by atoms with Crippen molar-refractivity contribution in [2.45, 2.75) is 53.6 Å². The summed E-state index contributed by atoms with van der Waals surface area (Å²) in [5.74, 6) is 0. The Kier molecular flexibility index (Phi) is 6.79. The molecule has 0 atom stereocenters. The van der Waals surface area contributed by atoms with Crippen molar-refractivity contribution in [1.29, 1.82) is 0 Å². The van der Waals surface area contributed by atoms with Crippen molar-refractivity contribution in [2.24, 2.45) is 0 Å². The second-order valence-corrected chi connectivity index (χ2v) is 14.1. The predicted octanol–water partition coefficient (Wildman–Crippen LogP) is 13.5. The first kappa shape index (κ1) is 24.8. The summed E-state index contributed by atoms with van der Waals surface area (Å²) in [7, 11) is 0. The van der Waals surface area contributed by atoms with Crippen molar-refractivity contribution < 1.29 is 41.0 Å². The van der Waals surface area contributed by atoms with Crippen molar-refractivity contribution >= 4 is 43.5 Å². The molecule has 0 aliphatic heterocycles. The first-order chi connectivity index (χ1) is 30.4. The van der Waals surface area contributed by atoms with Crippen molar-refractivity contribution in [1.82, 2.24) is 9.97 Å². The summed E-state index contributed by atoms with van der Waals surface area (Å²) in [5.41, 5.74) is 3.64. The Bertz CT molecular complexity index is 3240. The van der Waals surface area contributed by atoms with Crippen LogP contribution in [0.2, 0.25) is 0 Å². The molecule has 9 aromatic rings. The summed E-state index contributed by atoms with van der Waals surface area (Å²) in [6.07, 6.45) is 3.08. The molecule has 0 unspecified atom stereocenters. The number of pyridine rings is 2. The number of hydrogen-bond acceptors (Lipinski definition) is 3. The fraction of sp³-hybridized carbons (Fsp3) is 0.160. The van der Waals surface area contributed by atoms with E-state index in [1.807, 2.05) is 79.0 Å². The first-order valence-electron chi connectivity index (χ1n) is 23.2. The molecule has 0 fully saturated rings. The van der Waals surface area contributed by atoms with Crippen LogP contribution in [0.3, 0.4) is 0 Å². The van der Waals surface area contributed by atoms with Gasteiger partial charge in [0.15, 0.2) is 0 Å². The molecule has 3 aromatic heterocycles. The van der Waals surface area contributed by atoms with Crippen LogP contribution >= 0.6 is 0 Å². The molecule has 0 amide bonds. The average molecular weight is 891 g/mol. The molecule has 0 aliphatic rings. The molecular formula is C50H42IrN2O-2. The molecule has 0 N–H and O–H groups in total. The minimum absolute atomic E-state index is 0. The van der Waals surface area contributed by atoms with Crippen LogP contribution in [0.25, 0.3) is 77.1 Å². The van der Waals surface area contributed by atoms with Crippen LogP contribution in [0.4, 0.5) is 0 Å². The second-order valence-electron chi connectivity index (χ2n) is 14.1. The molecule has 269 valence electrons. The van der Waals surface area contributed by atoms with Crippen molar-refractivity contribution in [3.63, 3.8) is 0 Å². The van der Waals surface area contributed by atoms with Gasteiger partial charge in [0.1, 0.15) is 5.58 Å². The van der Waals surface area contributed by atoms with Gasteiger partial charge in [0.25, 0.3) is 0 Å². The third-order valence-electron chi connectivity index (χ3n) is 9.50. The topological polar surface area (TPSA) is 38.9 Å². The molecule has 0 bridgehead atoms. The van der Waals surface area contributed by atoms with Gasteiger partial charge in [0.2, 0.25) is 0 Å². The van der Waals surface area contributed by atoms with Crippen LogP contribution in [-0.4, -0.2) is 9.97 Å². The van der Waals surface area contributed by atoms with E-state index in [4.69, 9.17) is 20.9 Å². The van der Waals surface area contributed by atoms with Gasteiger partial charge < -0.3 is 14.4 Å². The molecule has 0 saturated carbocycles. The fourth-order valence-electron chi connectivity index (χ4n) is 6.66. The van der Waals surface area contributed by atoms with Gasteiger partial charge in [-0.15, -0.1) is 53.6 Å². The summed E-state index contributed by atoms with van der Waals surface area (Å²) >= 11 is 0. The number of benzene rings is 6. The van der Waals surface area contributed by atoms with E-state index in [9.17, 15) is 0 Å². The summed E-state index contributed by atoms with van der Waals surface area (Å²) in [4.78, 5) is 8.92. The SMILES string of the molecule is CC(C)(C)c1ccc(-c2[c-]cccc2)nc1.[2H]C([2H])([2H])c1ccc(-c2cc(-c3[c-]cc(C([2H])([2H])[2H])c4c3oc3cc5c(ccc6ccccc65)cc34)ncc2C([2H])([2H])[2H])c(C([2H])([2H])[2H])c1.[Ir]. The van der Waals surface area contributed by atoms with Gasteiger partial charge in [-0.25, -0.2) is 0 Å². The number of fused-ring (bicyclic) bond motifs is 6. The number of aryl methyl sites for hydroxylation is 4. The van der Waals surface area contributed by atoms with Crippen LogP contribution < -0.4 is 0 Å². The molecule has 3 nitrogen and oxygen atoms in total. The van der Waals surface area contributed by atoms with E-state index in [0.29, 0.717) is 16.4 Å². The number of rotatable bonds is 3. The monoisotopic (exact) mass is 891 g/mol. The summed E-state index contributed by atoms with van der Waals surface area (Å²) in [6, 6.07) is 40.2. The average Bonchev–Trinajstić information content (AvgIpc) is 3.62. The van der Waals surface area contributed by atoms with Crippen LogP contribution in [0.1, 0.15) is 65.0 Å². The zero-order chi connectivity index (χ0) is 46.9. The second kappa shape index (κ2) is 14.8. The van der Waals surface area contributed by atoms with Crippen molar-refractivity contribution in [3.05, 3.63) is 168 Å². The van der Waals surface area contributed by atoms with E-state index in [-0.39, 0.29) is 75.7 Å². The molecule has 9 rings (SSSR count).